The topological polar surface area (TPSA) is 71.3 Å². The molecule has 1 aliphatic rings. The number of carbonyl (C=O) groups is 1. The molecule has 0 radical (unpaired) electrons. The maximum absolute atomic E-state index is 13.2. The highest BCUT2D eigenvalue weighted by atomic mass is 32.1. The van der Waals surface area contributed by atoms with E-state index in [1.165, 1.54) is 11.3 Å². The molecule has 9 heteroatoms. The number of fused-ring (bicyclic) bond motifs is 1. The van der Waals surface area contributed by atoms with E-state index in [0.717, 1.165) is 64.5 Å². The van der Waals surface area contributed by atoms with Gasteiger partial charge in [0.15, 0.2) is 4.96 Å². The van der Waals surface area contributed by atoms with E-state index in [0.29, 0.717) is 13.2 Å². The third kappa shape index (κ3) is 4.26. The molecular weight excluding hydrogens is 414 g/mol. The maximum Gasteiger partial charge on any atom is 0.265 e. The van der Waals surface area contributed by atoms with E-state index in [-0.39, 0.29) is 5.91 Å². The van der Waals surface area contributed by atoms with Crippen LogP contribution >= 0.6 is 11.3 Å². The molecule has 0 spiro atoms. The van der Waals surface area contributed by atoms with Crippen LogP contribution in [0.15, 0.2) is 24.3 Å². The van der Waals surface area contributed by atoms with Gasteiger partial charge in [0.05, 0.1) is 13.7 Å². The van der Waals surface area contributed by atoms with Gasteiger partial charge in [-0.15, -0.1) is 0 Å². The van der Waals surface area contributed by atoms with Crippen LogP contribution in [-0.2, 0) is 4.74 Å². The van der Waals surface area contributed by atoms with Crippen molar-refractivity contribution in [3.05, 3.63) is 34.8 Å². The van der Waals surface area contributed by atoms with E-state index in [1.54, 1.807) is 14.2 Å². The molecule has 3 heterocycles. The quantitative estimate of drug-likeness (QED) is 0.566. The summed E-state index contributed by atoms with van der Waals surface area (Å²) in [4.78, 5) is 23.9. The summed E-state index contributed by atoms with van der Waals surface area (Å²) in [6.07, 6.45) is 0. The summed E-state index contributed by atoms with van der Waals surface area (Å²) in [5.74, 6) is 1.77. The zero-order chi connectivity index (χ0) is 22.0. The van der Waals surface area contributed by atoms with Gasteiger partial charge in [0.25, 0.3) is 5.91 Å². The van der Waals surface area contributed by atoms with Gasteiger partial charge in [-0.3, -0.25) is 9.20 Å². The molecule has 0 saturated carbocycles. The number of thiazole rings is 1. The number of nitrogens with zero attached hydrogens (tertiary/aromatic N) is 4. The Balaban J connectivity index is 1.72. The zero-order valence-corrected chi connectivity index (χ0v) is 19.3. The number of aromatic nitrogens is 2. The van der Waals surface area contributed by atoms with Crippen LogP contribution in [0.5, 0.6) is 5.75 Å². The number of aryl methyl sites for hydroxylation is 1. The summed E-state index contributed by atoms with van der Waals surface area (Å²) in [5.41, 5.74) is 2.76. The summed E-state index contributed by atoms with van der Waals surface area (Å²) in [5, 5.41) is 3.46. The number of carbonyl (C=O) groups excluding carboxylic acids is 1. The van der Waals surface area contributed by atoms with E-state index < -0.39 is 0 Å². The SMILES string of the molecule is COCCNc1c(-c2ccc(OC)cc2)nc2sc(C(=O)N3CCN(C)CC3)c(C)n12. The summed E-state index contributed by atoms with van der Waals surface area (Å²) in [7, 11) is 5.42. The van der Waals surface area contributed by atoms with E-state index in [2.05, 4.69) is 21.7 Å². The van der Waals surface area contributed by atoms with E-state index in [4.69, 9.17) is 14.5 Å². The van der Waals surface area contributed by atoms with Crippen molar-refractivity contribution in [2.24, 2.45) is 0 Å². The van der Waals surface area contributed by atoms with Gasteiger partial charge in [0, 0.05) is 51.1 Å². The highest BCUT2D eigenvalue weighted by Gasteiger charge is 2.27. The lowest BCUT2D eigenvalue weighted by Crippen LogP contribution is -2.47. The van der Waals surface area contributed by atoms with Gasteiger partial charge in [-0.2, -0.15) is 0 Å². The molecule has 1 aliphatic heterocycles. The Labute approximate surface area is 186 Å². The molecule has 3 aromatic rings. The van der Waals surface area contributed by atoms with Crippen molar-refractivity contribution in [3.63, 3.8) is 0 Å². The van der Waals surface area contributed by atoms with E-state index in [9.17, 15) is 4.79 Å². The van der Waals surface area contributed by atoms with Crippen LogP contribution in [0.1, 0.15) is 15.4 Å². The largest absolute Gasteiger partial charge is 0.497 e. The number of imidazole rings is 1. The molecule has 1 N–H and O–H groups in total. The van der Waals surface area contributed by atoms with Crippen LogP contribution in [-0.4, -0.2) is 85.7 Å². The Kier molecular flexibility index (Phi) is 6.45. The van der Waals surface area contributed by atoms with Crippen LogP contribution in [0.25, 0.3) is 16.2 Å². The third-order valence-corrected chi connectivity index (χ3v) is 6.78. The van der Waals surface area contributed by atoms with Crippen molar-refractivity contribution < 1.29 is 14.3 Å². The fourth-order valence-corrected chi connectivity index (χ4v) is 4.88. The molecule has 1 aromatic carbocycles. The minimum atomic E-state index is 0.0925. The number of piperazine rings is 1. The van der Waals surface area contributed by atoms with Crippen LogP contribution in [0.4, 0.5) is 5.82 Å². The normalized spacial score (nSPS) is 14.9. The number of rotatable bonds is 7. The summed E-state index contributed by atoms with van der Waals surface area (Å²) < 4.78 is 12.6. The molecule has 166 valence electrons. The number of likely N-dealkylation sites (N-methyl/N-ethyl adjacent to an activating group) is 1. The predicted molar refractivity (Wildman–Crippen MR) is 124 cm³/mol. The molecule has 0 unspecified atom stereocenters. The monoisotopic (exact) mass is 443 g/mol. The van der Waals surface area contributed by atoms with Crippen LogP contribution in [0, 0.1) is 6.92 Å². The van der Waals surface area contributed by atoms with E-state index >= 15 is 0 Å². The minimum absolute atomic E-state index is 0.0925. The van der Waals surface area contributed by atoms with Crippen molar-refractivity contribution in [1.82, 2.24) is 19.2 Å². The lowest BCUT2D eigenvalue weighted by molar-refractivity contribution is 0.0668. The molecule has 4 rings (SSSR count). The second-order valence-corrected chi connectivity index (χ2v) is 8.66. The summed E-state index contributed by atoms with van der Waals surface area (Å²) >= 11 is 1.45. The lowest BCUT2D eigenvalue weighted by Gasteiger charge is -2.32. The minimum Gasteiger partial charge on any atom is -0.497 e. The van der Waals surface area contributed by atoms with Crippen LogP contribution < -0.4 is 10.1 Å². The highest BCUT2D eigenvalue weighted by molar-refractivity contribution is 7.19. The van der Waals surface area contributed by atoms with Gasteiger partial charge in [0.1, 0.15) is 22.1 Å². The van der Waals surface area contributed by atoms with Crippen molar-refractivity contribution in [1.29, 1.82) is 0 Å². The molecule has 1 amide bonds. The molecule has 31 heavy (non-hydrogen) atoms. The first kappa shape index (κ1) is 21.6. The second-order valence-electron chi connectivity index (χ2n) is 7.69. The van der Waals surface area contributed by atoms with Crippen molar-refractivity contribution in [2.75, 3.05) is 65.9 Å². The van der Waals surface area contributed by atoms with Crippen molar-refractivity contribution in [3.8, 4) is 17.0 Å². The third-order valence-electron chi connectivity index (χ3n) is 5.65. The molecule has 0 bridgehead atoms. The maximum atomic E-state index is 13.2. The second kappa shape index (κ2) is 9.25. The van der Waals surface area contributed by atoms with Gasteiger partial charge in [-0.05, 0) is 38.2 Å². The molecule has 0 aliphatic carbocycles. The Morgan fingerprint density at radius 3 is 2.52 bits per heavy atom. The lowest BCUT2D eigenvalue weighted by atomic mass is 10.1. The number of methoxy groups -OCH3 is 2. The van der Waals surface area contributed by atoms with Gasteiger partial charge in [0.2, 0.25) is 0 Å². The van der Waals surface area contributed by atoms with Crippen molar-refractivity contribution in [2.45, 2.75) is 6.92 Å². The first-order valence-electron chi connectivity index (χ1n) is 10.4. The fraction of sp³-hybridized carbons (Fsp3) is 0.455. The zero-order valence-electron chi connectivity index (χ0n) is 18.5. The first-order chi connectivity index (χ1) is 15.0. The van der Waals surface area contributed by atoms with Crippen LogP contribution in [0.3, 0.4) is 0 Å². The summed E-state index contributed by atoms with van der Waals surface area (Å²) in [6, 6.07) is 7.85. The average Bonchev–Trinajstić information content (AvgIpc) is 3.31. The predicted octanol–water partition coefficient (Wildman–Crippen LogP) is 2.83. The molecule has 2 aromatic heterocycles. The number of benzene rings is 1. The Morgan fingerprint density at radius 1 is 1.16 bits per heavy atom. The van der Waals surface area contributed by atoms with Gasteiger partial charge in [-0.25, -0.2) is 4.98 Å². The van der Waals surface area contributed by atoms with Crippen molar-refractivity contribution >= 4 is 28.0 Å². The number of ether oxygens (including phenoxy) is 2. The molecule has 0 atom stereocenters. The number of anilines is 1. The standard InChI is InChI=1S/C22H29N5O3S/c1-15-19(21(28)26-12-10-25(2)11-13-26)31-22-24-18(16-5-7-17(30-4)8-6-16)20(27(15)22)23-9-14-29-3/h5-8,23H,9-14H2,1-4H3. The fourth-order valence-electron chi connectivity index (χ4n) is 3.78. The highest BCUT2D eigenvalue weighted by Crippen LogP contribution is 2.35. The van der Waals surface area contributed by atoms with Crippen LogP contribution in [0.2, 0.25) is 0 Å². The Bertz CT molecular complexity index is 1050. The number of amides is 1. The molecular formula is C22H29N5O3S. The Hall–Kier alpha value is -2.62. The molecule has 1 saturated heterocycles. The number of hydrogen-bond acceptors (Lipinski definition) is 7. The van der Waals surface area contributed by atoms with Gasteiger partial charge >= 0.3 is 0 Å². The Morgan fingerprint density at radius 2 is 1.87 bits per heavy atom. The van der Waals surface area contributed by atoms with Gasteiger partial charge in [-0.1, -0.05) is 11.3 Å². The average molecular weight is 444 g/mol. The van der Waals surface area contributed by atoms with Gasteiger partial charge < -0.3 is 24.6 Å². The summed E-state index contributed by atoms with van der Waals surface area (Å²) in [6.45, 7) is 6.53. The smallest absolute Gasteiger partial charge is 0.265 e. The molecule has 1 fully saturated rings. The molecule has 8 nitrogen and oxygen atoms in total. The first-order valence-corrected chi connectivity index (χ1v) is 11.2. The number of nitrogens with one attached hydrogen (secondary N) is 1. The number of hydrogen-bond donors (Lipinski definition) is 1. The van der Waals surface area contributed by atoms with E-state index in [1.807, 2.05) is 36.1 Å².